The van der Waals surface area contributed by atoms with Crippen molar-refractivity contribution in [1.82, 2.24) is 0 Å². The van der Waals surface area contributed by atoms with Gasteiger partial charge in [-0.25, -0.2) is 13.2 Å². The summed E-state index contributed by atoms with van der Waals surface area (Å²) in [5, 5.41) is 0. The predicted molar refractivity (Wildman–Crippen MR) is 73.0 cm³/mol. The van der Waals surface area contributed by atoms with E-state index in [-0.39, 0.29) is 28.5 Å². The number of hydrogen-bond donors (Lipinski definition) is 1. The molecular weight excluding hydrogens is 287 g/mol. The summed E-state index contributed by atoms with van der Waals surface area (Å²) in [5.74, 6) is -1.80. The summed E-state index contributed by atoms with van der Waals surface area (Å²) in [5.41, 5.74) is 5.61. The maximum atomic E-state index is 13.6. The molecule has 0 aliphatic carbocycles. The van der Waals surface area contributed by atoms with E-state index in [1.807, 2.05) is 0 Å². The van der Waals surface area contributed by atoms with Crippen molar-refractivity contribution in [2.75, 3.05) is 0 Å². The number of rotatable bonds is 4. The summed E-state index contributed by atoms with van der Waals surface area (Å²) >= 11 is 4.68. The van der Waals surface area contributed by atoms with E-state index < -0.39 is 17.5 Å². The van der Waals surface area contributed by atoms with Gasteiger partial charge in [0.2, 0.25) is 0 Å². The Morgan fingerprint density at radius 2 is 1.80 bits per heavy atom. The number of hydrogen-bond acceptors (Lipinski definition) is 2. The second kappa shape index (κ2) is 5.92. The smallest absolute Gasteiger partial charge is 0.137 e. The molecular formula is C14H10F3NOS. The molecule has 2 aromatic rings. The van der Waals surface area contributed by atoms with Crippen LogP contribution in [0.3, 0.4) is 0 Å². The van der Waals surface area contributed by atoms with Gasteiger partial charge in [0.25, 0.3) is 0 Å². The minimum Gasteiger partial charge on any atom is -0.489 e. The van der Waals surface area contributed by atoms with Crippen molar-refractivity contribution in [1.29, 1.82) is 0 Å². The zero-order valence-corrected chi connectivity index (χ0v) is 11.0. The molecule has 0 saturated heterocycles. The molecule has 2 N–H and O–H groups in total. The maximum absolute atomic E-state index is 13.6. The highest BCUT2D eigenvalue weighted by molar-refractivity contribution is 7.80. The molecule has 0 aliphatic heterocycles. The Bertz CT molecular complexity index is 661. The van der Waals surface area contributed by atoms with Crippen LogP contribution in [0.2, 0.25) is 0 Å². The first kappa shape index (κ1) is 14.3. The minimum absolute atomic E-state index is 0.0568. The Kier molecular flexibility index (Phi) is 4.24. The summed E-state index contributed by atoms with van der Waals surface area (Å²) in [6.45, 7) is -0.141. The quantitative estimate of drug-likeness (QED) is 0.879. The fourth-order valence-electron chi connectivity index (χ4n) is 1.59. The van der Waals surface area contributed by atoms with Crippen LogP contribution in [0.15, 0.2) is 36.4 Å². The predicted octanol–water partition coefficient (Wildman–Crippen LogP) is 3.32. The first-order chi connectivity index (χ1) is 9.47. The van der Waals surface area contributed by atoms with Gasteiger partial charge >= 0.3 is 0 Å². The van der Waals surface area contributed by atoms with Crippen LogP contribution >= 0.6 is 12.2 Å². The molecule has 0 atom stereocenters. The molecule has 0 radical (unpaired) electrons. The lowest BCUT2D eigenvalue weighted by molar-refractivity contribution is 0.298. The van der Waals surface area contributed by atoms with Gasteiger partial charge in [-0.05, 0) is 24.3 Å². The number of ether oxygens (including phenoxy) is 1. The zero-order chi connectivity index (χ0) is 14.7. The Labute approximate surface area is 119 Å². The SMILES string of the molecule is NC(=S)c1ccc(OCc2ccc(F)cc2F)cc1F. The highest BCUT2D eigenvalue weighted by Crippen LogP contribution is 2.19. The molecule has 0 fully saturated rings. The van der Waals surface area contributed by atoms with E-state index in [2.05, 4.69) is 12.2 Å². The van der Waals surface area contributed by atoms with Crippen molar-refractivity contribution in [2.24, 2.45) is 5.73 Å². The summed E-state index contributed by atoms with van der Waals surface area (Å²) in [6.07, 6.45) is 0. The van der Waals surface area contributed by atoms with Crippen molar-refractivity contribution in [2.45, 2.75) is 6.61 Å². The van der Waals surface area contributed by atoms with Crippen LogP contribution in [0, 0.1) is 17.5 Å². The second-order valence-electron chi connectivity index (χ2n) is 4.03. The normalized spacial score (nSPS) is 10.3. The van der Waals surface area contributed by atoms with Gasteiger partial charge < -0.3 is 10.5 Å². The molecule has 0 saturated carbocycles. The summed E-state index contributed by atoms with van der Waals surface area (Å²) < 4.78 is 44.9. The third-order valence-corrected chi connectivity index (χ3v) is 2.84. The molecule has 104 valence electrons. The fourth-order valence-corrected chi connectivity index (χ4v) is 1.75. The number of nitrogens with two attached hydrogens (primary N) is 1. The van der Waals surface area contributed by atoms with Crippen molar-refractivity contribution in [3.8, 4) is 5.75 Å². The van der Waals surface area contributed by atoms with Gasteiger partial charge in [0.15, 0.2) is 0 Å². The Morgan fingerprint density at radius 1 is 1.05 bits per heavy atom. The van der Waals surface area contributed by atoms with Gasteiger partial charge in [-0.1, -0.05) is 12.2 Å². The van der Waals surface area contributed by atoms with Gasteiger partial charge in [0.05, 0.1) is 0 Å². The van der Waals surface area contributed by atoms with Gasteiger partial charge in [-0.15, -0.1) is 0 Å². The Morgan fingerprint density at radius 3 is 2.40 bits per heavy atom. The van der Waals surface area contributed by atoms with Crippen molar-refractivity contribution in [3.05, 3.63) is 65.0 Å². The lowest BCUT2D eigenvalue weighted by atomic mass is 10.2. The lowest BCUT2D eigenvalue weighted by Crippen LogP contribution is -2.11. The second-order valence-corrected chi connectivity index (χ2v) is 4.47. The van der Waals surface area contributed by atoms with Gasteiger partial charge in [0, 0.05) is 23.3 Å². The van der Waals surface area contributed by atoms with Crippen molar-refractivity contribution in [3.63, 3.8) is 0 Å². The van der Waals surface area contributed by atoms with Crippen LogP contribution < -0.4 is 10.5 Å². The van der Waals surface area contributed by atoms with E-state index in [1.54, 1.807) is 0 Å². The van der Waals surface area contributed by atoms with Gasteiger partial charge in [0.1, 0.15) is 34.8 Å². The standard InChI is InChI=1S/C14H10F3NOS/c15-9-2-1-8(12(16)5-9)7-19-10-3-4-11(14(18)20)13(17)6-10/h1-6H,7H2,(H2,18,20). The summed E-state index contributed by atoms with van der Waals surface area (Å²) in [6, 6.07) is 7.11. The average molecular weight is 297 g/mol. The number of thiocarbonyl (C=S) groups is 1. The van der Waals surface area contributed by atoms with Crippen molar-refractivity contribution >= 4 is 17.2 Å². The first-order valence-corrected chi connectivity index (χ1v) is 6.04. The molecule has 0 aromatic heterocycles. The van der Waals surface area contributed by atoms with E-state index in [1.165, 1.54) is 18.2 Å². The Balaban J connectivity index is 2.11. The molecule has 6 heteroatoms. The van der Waals surface area contributed by atoms with E-state index in [0.29, 0.717) is 0 Å². The summed E-state index contributed by atoms with van der Waals surface area (Å²) in [7, 11) is 0. The largest absolute Gasteiger partial charge is 0.489 e. The molecule has 0 amide bonds. The van der Waals surface area contributed by atoms with E-state index in [0.717, 1.165) is 18.2 Å². The fraction of sp³-hybridized carbons (Fsp3) is 0.0714. The van der Waals surface area contributed by atoms with Gasteiger partial charge in [-0.2, -0.15) is 0 Å². The average Bonchev–Trinajstić information content (AvgIpc) is 2.37. The van der Waals surface area contributed by atoms with Crippen LogP contribution in [-0.4, -0.2) is 4.99 Å². The molecule has 0 unspecified atom stereocenters. The van der Waals surface area contributed by atoms with Crippen LogP contribution in [0.1, 0.15) is 11.1 Å². The van der Waals surface area contributed by atoms with Crippen LogP contribution in [0.25, 0.3) is 0 Å². The molecule has 0 bridgehead atoms. The van der Waals surface area contributed by atoms with Gasteiger partial charge in [-0.3, -0.25) is 0 Å². The zero-order valence-electron chi connectivity index (χ0n) is 10.2. The van der Waals surface area contributed by atoms with E-state index in [4.69, 9.17) is 10.5 Å². The minimum atomic E-state index is -0.717. The molecule has 2 nitrogen and oxygen atoms in total. The highest BCUT2D eigenvalue weighted by Gasteiger charge is 2.08. The van der Waals surface area contributed by atoms with E-state index in [9.17, 15) is 13.2 Å². The highest BCUT2D eigenvalue weighted by atomic mass is 32.1. The lowest BCUT2D eigenvalue weighted by Gasteiger charge is -2.08. The summed E-state index contributed by atoms with van der Waals surface area (Å²) in [4.78, 5) is -0.0568. The molecule has 20 heavy (non-hydrogen) atoms. The molecule has 2 aromatic carbocycles. The topological polar surface area (TPSA) is 35.2 Å². The Hall–Kier alpha value is -2.08. The molecule has 0 heterocycles. The number of halogens is 3. The first-order valence-electron chi connectivity index (χ1n) is 5.63. The van der Waals surface area contributed by atoms with Crippen LogP contribution in [-0.2, 0) is 6.61 Å². The maximum Gasteiger partial charge on any atom is 0.137 e. The molecule has 2 rings (SSSR count). The van der Waals surface area contributed by atoms with Crippen molar-refractivity contribution < 1.29 is 17.9 Å². The van der Waals surface area contributed by atoms with E-state index >= 15 is 0 Å². The molecule has 0 aliphatic rings. The molecule has 0 spiro atoms. The third-order valence-electron chi connectivity index (χ3n) is 2.62. The number of benzene rings is 2. The third kappa shape index (κ3) is 3.27. The van der Waals surface area contributed by atoms with Crippen LogP contribution in [0.5, 0.6) is 5.75 Å². The van der Waals surface area contributed by atoms with Crippen LogP contribution in [0.4, 0.5) is 13.2 Å². The monoisotopic (exact) mass is 297 g/mol.